The Bertz CT molecular complexity index is 1530. The number of H-pyrrole nitrogens is 1. The van der Waals surface area contributed by atoms with Gasteiger partial charge in [0, 0.05) is 43.5 Å². The molecule has 3 N–H and O–H groups in total. The van der Waals surface area contributed by atoms with Crippen molar-refractivity contribution in [1.82, 2.24) is 25.1 Å². The highest BCUT2D eigenvalue weighted by Gasteiger charge is 2.38. The van der Waals surface area contributed by atoms with Gasteiger partial charge in [-0.3, -0.25) is 9.59 Å². The van der Waals surface area contributed by atoms with Crippen molar-refractivity contribution in [1.29, 1.82) is 0 Å². The van der Waals surface area contributed by atoms with Gasteiger partial charge >= 0.3 is 6.18 Å². The number of aromatic amines is 1. The first-order chi connectivity index (χ1) is 19.6. The third-order valence-electron chi connectivity index (χ3n) is 5.69. The van der Waals surface area contributed by atoms with E-state index in [9.17, 15) is 40.3 Å². The van der Waals surface area contributed by atoms with Crippen LogP contribution >= 0.6 is 0 Å². The standard InChI is InChI=1S/C25H22F8N6O3/c1-11(42-19-7-36-38-24(41)20(19)25(31,32)33)3-13(26)8-39(2)9-18(28)14-5-15(17(27)4-12(14)10-40)23-35-6-16(21(29)30)22(34)37-23/h4-7,9-11,13,21H,3,8H2,1-2H3,(H,38,41)(H2,34,35,37)/b18-9+. The smallest absolute Gasteiger partial charge is 0.425 e. The van der Waals surface area contributed by atoms with Gasteiger partial charge in [0.25, 0.3) is 12.0 Å². The molecule has 1 aromatic carbocycles. The molecule has 0 aliphatic heterocycles. The Morgan fingerprint density at radius 3 is 2.50 bits per heavy atom. The fourth-order valence-electron chi connectivity index (χ4n) is 3.83. The van der Waals surface area contributed by atoms with Gasteiger partial charge in [0.2, 0.25) is 0 Å². The summed E-state index contributed by atoms with van der Waals surface area (Å²) in [5.41, 5.74) is 0.235. The van der Waals surface area contributed by atoms with Crippen LogP contribution in [0.3, 0.4) is 0 Å². The van der Waals surface area contributed by atoms with Gasteiger partial charge in [0.1, 0.15) is 23.6 Å². The molecule has 3 aromatic rings. The summed E-state index contributed by atoms with van der Waals surface area (Å²) in [6.45, 7) is 0.753. The van der Waals surface area contributed by atoms with E-state index in [4.69, 9.17) is 10.5 Å². The van der Waals surface area contributed by atoms with Gasteiger partial charge in [0.15, 0.2) is 23.4 Å². The van der Waals surface area contributed by atoms with Crippen LogP contribution < -0.4 is 16.0 Å². The SMILES string of the molecule is CC(CC(F)CN(C)/C=C(/F)c1cc(-c2ncc(C(F)F)c(N)n2)c(F)cc1C=O)Oc1cn[nH]c(=O)c1C(F)(F)F. The highest BCUT2D eigenvalue weighted by molar-refractivity contribution is 5.86. The average Bonchev–Trinajstić information content (AvgIpc) is 2.86. The zero-order valence-electron chi connectivity index (χ0n) is 21.7. The summed E-state index contributed by atoms with van der Waals surface area (Å²) in [5, 5.41) is 4.89. The van der Waals surface area contributed by atoms with Gasteiger partial charge in [0.05, 0.1) is 23.4 Å². The zero-order valence-corrected chi connectivity index (χ0v) is 21.7. The first kappa shape index (κ1) is 32.0. The van der Waals surface area contributed by atoms with Crippen LogP contribution in [0.2, 0.25) is 0 Å². The molecule has 0 saturated carbocycles. The lowest BCUT2D eigenvalue weighted by Gasteiger charge is -2.22. The number of carbonyl (C=O) groups excluding carboxylic acids is 1. The average molecular weight is 606 g/mol. The second-order valence-corrected chi connectivity index (χ2v) is 8.99. The minimum Gasteiger partial charge on any atom is -0.488 e. The van der Waals surface area contributed by atoms with Gasteiger partial charge in [-0.2, -0.15) is 18.3 Å². The molecule has 42 heavy (non-hydrogen) atoms. The number of nitrogen functional groups attached to an aromatic ring is 1. The molecule has 9 nitrogen and oxygen atoms in total. The Balaban J connectivity index is 1.77. The molecule has 0 fully saturated rings. The van der Waals surface area contributed by atoms with Gasteiger partial charge in [-0.1, -0.05) is 0 Å². The van der Waals surface area contributed by atoms with E-state index in [0.717, 1.165) is 17.2 Å². The molecular formula is C25H22F8N6O3. The van der Waals surface area contributed by atoms with Crippen molar-refractivity contribution in [2.24, 2.45) is 0 Å². The number of anilines is 1. The van der Waals surface area contributed by atoms with E-state index in [1.54, 1.807) is 5.10 Å². The van der Waals surface area contributed by atoms with E-state index < -0.39 is 100 Å². The highest BCUT2D eigenvalue weighted by atomic mass is 19.4. The lowest BCUT2D eigenvalue weighted by atomic mass is 10.0. The van der Waals surface area contributed by atoms with Crippen molar-refractivity contribution in [3.8, 4) is 17.1 Å². The molecular weight excluding hydrogens is 584 g/mol. The van der Waals surface area contributed by atoms with Crippen molar-refractivity contribution < 1.29 is 44.7 Å². The van der Waals surface area contributed by atoms with E-state index in [-0.39, 0.29) is 6.29 Å². The molecule has 2 unspecified atom stereocenters. The molecule has 0 spiro atoms. The predicted molar refractivity (Wildman–Crippen MR) is 133 cm³/mol. The fraction of sp³-hybridized carbons (Fsp3) is 0.320. The summed E-state index contributed by atoms with van der Waals surface area (Å²) in [5.74, 6) is -4.19. The summed E-state index contributed by atoms with van der Waals surface area (Å²) in [7, 11) is 1.25. The molecule has 0 aliphatic rings. The van der Waals surface area contributed by atoms with E-state index >= 15 is 4.39 Å². The van der Waals surface area contributed by atoms with Crippen LogP contribution in [0.15, 0.2) is 35.5 Å². The third-order valence-corrected chi connectivity index (χ3v) is 5.69. The van der Waals surface area contributed by atoms with Crippen molar-refractivity contribution in [2.75, 3.05) is 19.3 Å². The first-order valence-electron chi connectivity index (χ1n) is 11.9. The van der Waals surface area contributed by atoms with E-state index in [1.807, 2.05) is 0 Å². The third kappa shape index (κ3) is 7.58. The monoisotopic (exact) mass is 606 g/mol. The molecule has 3 rings (SSSR count). The molecule has 17 heteroatoms. The Morgan fingerprint density at radius 2 is 1.90 bits per heavy atom. The molecule has 0 saturated heterocycles. The number of aromatic nitrogens is 4. The number of nitrogens with zero attached hydrogens (tertiary/aromatic N) is 4. The first-order valence-corrected chi connectivity index (χ1v) is 11.9. The van der Waals surface area contributed by atoms with Crippen LogP contribution in [0.5, 0.6) is 5.75 Å². The molecule has 2 heterocycles. The van der Waals surface area contributed by atoms with Crippen molar-refractivity contribution >= 4 is 17.9 Å². The molecule has 0 amide bonds. The van der Waals surface area contributed by atoms with Crippen LogP contribution in [-0.2, 0) is 6.18 Å². The number of nitrogens with two attached hydrogens (primary N) is 1. The number of alkyl halides is 6. The minimum absolute atomic E-state index is 0.153. The largest absolute Gasteiger partial charge is 0.488 e. The van der Waals surface area contributed by atoms with Crippen LogP contribution in [0.25, 0.3) is 17.2 Å². The molecule has 0 bridgehead atoms. The quantitative estimate of drug-likeness (QED) is 0.228. The minimum atomic E-state index is -5.06. The Kier molecular flexibility index (Phi) is 9.85. The van der Waals surface area contributed by atoms with Gasteiger partial charge in [-0.05, 0) is 19.1 Å². The molecule has 226 valence electrons. The summed E-state index contributed by atoms with van der Waals surface area (Å²) in [4.78, 5) is 31.3. The lowest BCUT2D eigenvalue weighted by Crippen LogP contribution is -2.29. The van der Waals surface area contributed by atoms with Gasteiger partial charge in [-0.25, -0.2) is 37.0 Å². The van der Waals surface area contributed by atoms with E-state index in [1.165, 1.54) is 14.0 Å². The van der Waals surface area contributed by atoms with E-state index in [0.29, 0.717) is 18.5 Å². The summed E-state index contributed by atoms with van der Waals surface area (Å²) in [6, 6.07) is 1.52. The van der Waals surface area contributed by atoms with Crippen LogP contribution in [0.4, 0.5) is 40.9 Å². The topological polar surface area (TPSA) is 127 Å². The lowest BCUT2D eigenvalue weighted by molar-refractivity contribution is -0.140. The second-order valence-electron chi connectivity index (χ2n) is 8.99. The number of carbonyl (C=O) groups is 1. The van der Waals surface area contributed by atoms with E-state index in [2.05, 4.69) is 15.1 Å². The number of hydrogen-bond acceptors (Lipinski definition) is 8. The number of nitrogens with one attached hydrogen (secondary N) is 1. The summed E-state index contributed by atoms with van der Waals surface area (Å²) in [6.07, 6.45) is -9.24. The van der Waals surface area contributed by atoms with Crippen LogP contribution in [0.1, 0.15) is 46.8 Å². The zero-order chi connectivity index (χ0) is 31.4. The molecule has 0 radical (unpaired) electrons. The van der Waals surface area contributed by atoms with Gasteiger partial charge < -0.3 is 15.4 Å². The van der Waals surface area contributed by atoms with Crippen molar-refractivity contribution in [2.45, 2.75) is 38.2 Å². The molecule has 0 aliphatic carbocycles. The number of aldehydes is 1. The number of benzene rings is 1. The fourth-order valence-corrected chi connectivity index (χ4v) is 3.83. The Hall–Kier alpha value is -4.57. The number of rotatable bonds is 11. The number of hydrogen-bond donors (Lipinski definition) is 2. The summed E-state index contributed by atoms with van der Waals surface area (Å²) >= 11 is 0. The Morgan fingerprint density at radius 1 is 1.21 bits per heavy atom. The van der Waals surface area contributed by atoms with Crippen molar-refractivity contribution in [3.05, 3.63) is 69.2 Å². The maximum Gasteiger partial charge on any atom is 0.425 e. The molecule has 2 aromatic heterocycles. The maximum absolute atomic E-state index is 15.2. The summed E-state index contributed by atoms with van der Waals surface area (Å²) < 4.78 is 115. The number of halogens is 8. The molecule has 2 atom stereocenters. The van der Waals surface area contributed by atoms with Gasteiger partial charge in [-0.15, -0.1) is 0 Å². The maximum atomic E-state index is 15.2. The Labute approximate surface area is 232 Å². The second kappa shape index (κ2) is 12.9. The normalized spacial score (nSPS) is 13.6. The van der Waals surface area contributed by atoms with Crippen LogP contribution in [0, 0.1) is 5.82 Å². The number of ether oxygens (including phenoxy) is 1. The highest BCUT2D eigenvalue weighted by Crippen LogP contribution is 2.34. The van der Waals surface area contributed by atoms with Crippen LogP contribution in [-0.4, -0.2) is 57.2 Å². The predicted octanol–water partition coefficient (Wildman–Crippen LogP) is 5.11. The van der Waals surface area contributed by atoms with Crippen molar-refractivity contribution in [3.63, 3.8) is 0 Å².